The van der Waals surface area contributed by atoms with Gasteiger partial charge in [-0.05, 0) is 19.1 Å². The van der Waals surface area contributed by atoms with E-state index < -0.39 is 0 Å². The van der Waals surface area contributed by atoms with Gasteiger partial charge in [-0.15, -0.1) is 0 Å². The highest BCUT2D eigenvalue weighted by atomic mass is 32.2. The zero-order valence-corrected chi connectivity index (χ0v) is 12.5. The molecule has 19 heavy (non-hydrogen) atoms. The third-order valence-corrected chi connectivity index (χ3v) is 4.30. The molecule has 1 fully saturated rings. The van der Waals surface area contributed by atoms with Crippen molar-refractivity contribution in [1.82, 2.24) is 9.88 Å². The molecule has 1 aliphatic rings. The number of pyridine rings is 1. The third-order valence-electron chi connectivity index (χ3n) is 3.07. The summed E-state index contributed by atoms with van der Waals surface area (Å²) in [6.45, 7) is 8.83. The summed E-state index contributed by atoms with van der Waals surface area (Å²) in [5.74, 6) is 0.876. The second-order valence-electron chi connectivity index (χ2n) is 4.93. The van der Waals surface area contributed by atoms with Crippen LogP contribution in [-0.2, 0) is 0 Å². The van der Waals surface area contributed by atoms with Crippen molar-refractivity contribution in [3.63, 3.8) is 0 Å². The Kier molecular flexibility index (Phi) is 4.69. The molecule has 0 saturated carbocycles. The van der Waals surface area contributed by atoms with Crippen LogP contribution in [0.2, 0.25) is 0 Å². The van der Waals surface area contributed by atoms with E-state index in [2.05, 4.69) is 24.1 Å². The van der Waals surface area contributed by atoms with Gasteiger partial charge in [0.2, 0.25) is 0 Å². The Hall–Kier alpha value is -1.23. The fourth-order valence-corrected chi connectivity index (χ4v) is 3.69. The monoisotopic (exact) mass is 279 g/mol. The maximum atomic E-state index is 12.5. The molecule has 1 N–H and O–H groups in total. The molecule has 5 heteroatoms. The van der Waals surface area contributed by atoms with Gasteiger partial charge in [0.1, 0.15) is 5.82 Å². The van der Waals surface area contributed by atoms with E-state index in [-0.39, 0.29) is 5.91 Å². The van der Waals surface area contributed by atoms with E-state index in [1.54, 1.807) is 12.3 Å². The first-order chi connectivity index (χ1) is 9.10. The van der Waals surface area contributed by atoms with Crippen LogP contribution in [0, 0.1) is 0 Å². The summed E-state index contributed by atoms with van der Waals surface area (Å²) < 4.78 is 0. The van der Waals surface area contributed by atoms with Crippen LogP contribution in [0.3, 0.4) is 0 Å². The fourth-order valence-electron chi connectivity index (χ4n) is 2.37. The predicted octanol–water partition coefficient (Wildman–Crippen LogP) is 2.48. The van der Waals surface area contributed by atoms with Gasteiger partial charge in [0, 0.05) is 41.9 Å². The van der Waals surface area contributed by atoms with Crippen LogP contribution >= 0.6 is 11.8 Å². The van der Waals surface area contributed by atoms with Crippen molar-refractivity contribution in [2.75, 3.05) is 25.0 Å². The molecule has 2 rings (SSSR count). The van der Waals surface area contributed by atoms with Gasteiger partial charge in [0.15, 0.2) is 0 Å². The van der Waals surface area contributed by atoms with Gasteiger partial charge in [0.05, 0.1) is 0 Å². The number of rotatable bonds is 3. The molecule has 104 valence electrons. The molecule has 2 atom stereocenters. The number of hydrogen-bond acceptors (Lipinski definition) is 4. The van der Waals surface area contributed by atoms with Crippen molar-refractivity contribution >= 4 is 23.5 Å². The molecular formula is C14H21N3OS. The minimum atomic E-state index is 0.112. The van der Waals surface area contributed by atoms with Crippen molar-refractivity contribution in [2.45, 2.75) is 31.3 Å². The van der Waals surface area contributed by atoms with Crippen molar-refractivity contribution in [2.24, 2.45) is 0 Å². The maximum absolute atomic E-state index is 12.5. The lowest BCUT2D eigenvalue weighted by Crippen LogP contribution is -2.44. The van der Waals surface area contributed by atoms with E-state index in [1.807, 2.05) is 29.7 Å². The lowest BCUT2D eigenvalue weighted by molar-refractivity contribution is 0.0753. The van der Waals surface area contributed by atoms with Crippen LogP contribution in [-0.4, -0.2) is 45.9 Å². The van der Waals surface area contributed by atoms with Gasteiger partial charge >= 0.3 is 0 Å². The lowest BCUT2D eigenvalue weighted by atomic mass is 10.2. The Bertz CT molecular complexity index is 442. The predicted molar refractivity (Wildman–Crippen MR) is 80.8 cm³/mol. The highest BCUT2D eigenvalue weighted by Crippen LogP contribution is 2.25. The number of nitrogens with one attached hydrogen (secondary N) is 1. The molecule has 1 aromatic rings. The van der Waals surface area contributed by atoms with Gasteiger partial charge in [-0.25, -0.2) is 4.98 Å². The minimum absolute atomic E-state index is 0.112. The van der Waals surface area contributed by atoms with Gasteiger partial charge in [-0.3, -0.25) is 4.79 Å². The lowest BCUT2D eigenvalue weighted by Gasteiger charge is -2.34. The number of carbonyl (C=O) groups excluding carboxylic acids is 1. The van der Waals surface area contributed by atoms with Crippen molar-refractivity contribution in [3.8, 4) is 0 Å². The van der Waals surface area contributed by atoms with Crippen LogP contribution in [0.4, 0.5) is 5.82 Å². The summed E-state index contributed by atoms with van der Waals surface area (Å²) in [4.78, 5) is 18.7. The average Bonchev–Trinajstić information content (AvgIpc) is 2.37. The van der Waals surface area contributed by atoms with Gasteiger partial charge in [-0.2, -0.15) is 11.8 Å². The second-order valence-corrected chi connectivity index (χ2v) is 6.81. The van der Waals surface area contributed by atoms with Gasteiger partial charge < -0.3 is 10.2 Å². The molecule has 0 aromatic carbocycles. The van der Waals surface area contributed by atoms with Gasteiger partial charge in [0.25, 0.3) is 5.91 Å². The van der Waals surface area contributed by atoms with E-state index in [9.17, 15) is 4.79 Å². The molecule has 2 unspecified atom stereocenters. The number of carbonyl (C=O) groups is 1. The highest BCUT2D eigenvalue weighted by molar-refractivity contribution is 8.00. The Labute approximate surface area is 119 Å². The van der Waals surface area contributed by atoms with Crippen LogP contribution in [0.15, 0.2) is 18.3 Å². The minimum Gasteiger partial charge on any atom is -0.370 e. The van der Waals surface area contributed by atoms with E-state index in [1.165, 1.54) is 0 Å². The summed E-state index contributed by atoms with van der Waals surface area (Å²) in [5.41, 5.74) is 0.720. The molecule has 0 bridgehead atoms. The SMILES string of the molecule is CCNc1cc(C(=O)N2CC(C)SC(C)C2)ccn1. The molecule has 1 amide bonds. The Morgan fingerprint density at radius 2 is 2.16 bits per heavy atom. The van der Waals surface area contributed by atoms with Crippen LogP contribution < -0.4 is 5.32 Å². The summed E-state index contributed by atoms with van der Waals surface area (Å²) in [7, 11) is 0. The Morgan fingerprint density at radius 3 is 2.79 bits per heavy atom. The molecular weight excluding hydrogens is 258 g/mol. The highest BCUT2D eigenvalue weighted by Gasteiger charge is 2.26. The van der Waals surface area contributed by atoms with E-state index in [0.29, 0.717) is 10.5 Å². The molecule has 2 heterocycles. The molecule has 1 aliphatic heterocycles. The van der Waals surface area contributed by atoms with Crippen LogP contribution in [0.5, 0.6) is 0 Å². The zero-order chi connectivity index (χ0) is 13.8. The number of amides is 1. The van der Waals surface area contributed by atoms with Crippen LogP contribution in [0.1, 0.15) is 31.1 Å². The average molecular weight is 279 g/mol. The van der Waals surface area contributed by atoms with E-state index >= 15 is 0 Å². The van der Waals surface area contributed by atoms with Gasteiger partial charge in [-0.1, -0.05) is 13.8 Å². The van der Waals surface area contributed by atoms with Crippen LogP contribution in [0.25, 0.3) is 0 Å². The normalized spacial score (nSPS) is 23.2. The zero-order valence-electron chi connectivity index (χ0n) is 11.7. The number of nitrogens with zero attached hydrogens (tertiary/aromatic N) is 2. The second kappa shape index (κ2) is 6.28. The van der Waals surface area contributed by atoms with Crippen molar-refractivity contribution in [1.29, 1.82) is 0 Å². The first kappa shape index (κ1) is 14.2. The molecule has 1 aromatic heterocycles. The Balaban J connectivity index is 2.12. The molecule has 0 aliphatic carbocycles. The number of aromatic nitrogens is 1. The third kappa shape index (κ3) is 3.62. The summed E-state index contributed by atoms with van der Waals surface area (Å²) in [5, 5.41) is 4.14. The number of thioether (sulfide) groups is 1. The first-order valence-electron chi connectivity index (χ1n) is 6.74. The number of hydrogen-bond donors (Lipinski definition) is 1. The van der Waals surface area contributed by atoms with E-state index in [0.717, 1.165) is 31.0 Å². The molecule has 4 nitrogen and oxygen atoms in total. The molecule has 0 radical (unpaired) electrons. The topological polar surface area (TPSA) is 45.2 Å². The quantitative estimate of drug-likeness (QED) is 0.923. The largest absolute Gasteiger partial charge is 0.370 e. The summed E-state index contributed by atoms with van der Waals surface area (Å²) in [6, 6.07) is 3.63. The van der Waals surface area contributed by atoms with E-state index in [4.69, 9.17) is 0 Å². The standard InChI is InChI=1S/C14H21N3OS/c1-4-15-13-7-12(5-6-16-13)14(18)17-8-10(2)19-11(3)9-17/h5-7,10-11H,4,8-9H2,1-3H3,(H,15,16). The molecule has 0 spiro atoms. The van der Waals surface area contributed by atoms with Crippen molar-refractivity contribution < 1.29 is 4.79 Å². The summed E-state index contributed by atoms with van der Waals surface area (Å²) >= 11 is 1.95. The number of anilines is 1. The first-order valence-corrected chi connectivity index (χ1v) is 7.69. The van der Waals surface area contributed by atoms with Crippen molar-refractivity contribution in [3.05, 3.63) is 23.9 Å². The summed E-state index contributed by atoms with van der Waals surface area (Å²) in [6.07, 6.45) is 1.69. The smallest absolute Gasteiger partial charge is 0.254 e. The maximum Gasteiger partial charge on any atom is 0.254 e. The molecule has 1 saturated heterocycles. The Morgan fingerprint density at radius 1 is 1.47 bits per heavy atom. The fraction of sp³-hybridized carbons (Fsp3) is 0.571.